The standard InChI is InChI=1S/C18H25NO4/c1-13-3-4-15(14(2)11-13)5-6-17(20)19(12-18(21)22)16-7-9-23-10-8-16/h3-4,11,16H,5-10,12H2,1-2H3,(H,21,22). The van der Waals surface area contributed by atoms with Gasteiger partial charge in [0, 0.05) is 25.7 Å². The molecule has 23 heavy (non-hydrogen) atoms. The minimum Gasteiger partial charge on any atom is -0.480 e. The van der Waals surface area contributed by atoms with Crippen molar-refractivity contribution in [2.75, 3.05) is 19.8 Å². The van der Waals surface area contributed by atoms with E-state index in [4.69, 9.17) is 9.84 Å². The van der Waals surface area contributed by atoms with Crippen LogP contribution in [0.2, 0.25) is 0 Å². The fraction of sp³-hybridized carbons (Fsp3) is 0.556. The van der Waals surface area contributed by atoms with Crippen LogP contribution in [-0.4, -0.2) is 47.7 Å². The van der Waals surface area contributed by atoms with Crippen LogP contribution >= 0.6 is 0 Å². The number of aryl methyl sites for hydroxylation is 3. The predicted molar refractivity (Wildman–Crippen MR) is 87.4 cm³/mol. The Kier molecular flexibility index (Phi) is 6.16. The van der Waals surface area contributed by atoms with Gasteiger partial charge in [-0.2, -0.15) is 0 Å². The molecular formula is C18H25NO4. The Hall–Kier alpha value is -1.88. The first-order valence-corrected chi connectivity index (χ1v) is 8.12. The summed E-state index contributed by atoms with van der Waals surface area (Å²) in [6.45, 7) is 5.04. The van der Waals surface area contributed by atoms with Crippen LogP contribution in [0.3, 0.4) is 0 Å². The number of hydrogen-bond donors (Lipinski definition) is 1. The average Bonchev–Trinajstić information content (AvgIpc) is 2.52. The van der Waals surface area contributed by atoms with Gasteiger partial charge in [0.2, 0.25) is 5.91 Å². The molecule has 5 nitrogen and oxygen atoms in total. The van der Waals surface area contributed by atoms with E-state index in [0.717, 1.165) is 5.56 Å². The van der Waals surface area contributed by atoms with Crippen LogP contribution in [-0.2, 0) is 20.7 Å². The Labute approximate surface area is 137 Å². The van der Waals surface area contributed by atoms with Crippen molar-refractivity contribution in [3.8, 4) is 0 Å². The van der Waals surface area contributed by atoms with E-state index in [2.05, 4.69) is 6.07 Å². The smallest absolute Gasteiger partial charge is 0.323 e. The van der Waals surface area contributed by atoms with Gasteiger partial charge < -0.3 is 14.7 Å². The van der Waals surface area contributed by atoms with E-state index in [0.29, 0.717) is 38.9 Å². The molecule has 2 rings (SSSR count). The van der Waals surface area contributed by atoms with Gasteiger partial charge in [-0.25, -0.2) is 0 Å². The lowest BCUT2D eigenvalue weighted by Gasteiger charge is -2.33. The largest absolute Gasteiger partial charge is 0.480 e. The molecule has 1 fully saturated rings. The van der Waals surface area contributed by atoms with Gasteiger partial charge >= 0.3 is 5.97 Å². The Balaban J connectivity index is 2.00. The first-order valence-electron chi connectivity index (χ1n) is 8.12. The predicted octanol–water partition coefficient (Wildman–Crippen LogP) is 2.33. The van der Waals surface area contributed by atoms with Crippen LogP contribution in [0.1, 0.15) is 36.0 Å². The number of carboxylic acids is 1. The van der Waals surface area contributed by atoms with Crippen molar-refractivity contribution in [2.45, 2.75) is 45.6 Å². The highest BCUT2D eigenvalue weighted by molar-refractivity contribution is 5.81. The summed E-state index contributed by atoms with van der Waals surface area (Å²) in [7, 11) is 0. The lowest BCUT2D eigenvalue weighted by molar-refractivity contribution is -0.147. The molecule has 1 aliphatic heterocycles. The highest BCUT2D eigenvalue weighted by atomic mass is 16.5. The monoisotopic (exact) mass is 319 g/mol. The molecule has 0 saturated carbocycles. The number of carboxylic acid groups (broad SMARTS) is 1. The molecule has 1 aromatic carbocycles. The first kappa shape index (κ1) is 17.5. The molecule has 0 atom stereocenters. The molecule has 0 aliphatic carbocycles. The minimum atomic E-state index is -0.962. The summed E-state index contributed by atoms with van der Waals surface area (Å²) in [6.07, 6.45) is 2.41. The van der Waals surface area contributed by atoms with Gasteiger partial charge in [0.1, 0.15) is 6.54 Å². The second-order valence-corrected chi connectivity index (χ2v) is 6.19. The molecule has 126 valence electrons. The lowest BCUT2D eigenvalue weighted by Crippen LogP contribution is -2.46. The maximum Gasteiger partial charge on any atom is 0.323 e. The first-order chi connectivity index (χ1) is 11.0. The lowest BCUT2D eigenvalue weighted by atomic mass is 10.0. The summed E-state index contributed by atoms with van der Waals surface area (Å²) >= 11 is 0. The van der Waals surface area contributed by atoms with E-state index in [9.17, 15) is 9.59 Å². The number of rotatable bonds is 6. The van der Waals surface area contributed by atoms with E-state index in [-0.39, 0.29) is 18.5 Å². The summed E-state index contributed by atoms with van der Waals surface area (Å²) in [5.74, 6) is -1.05. The molecule has 5 heteroatoms. The zero-order chi connectivity index (χ0) is 16.8. The number of nitrogens with zero attached hydrogens (tertiary/aromatic N) is 1. The number of carbonyl (C=O) groups is 2. The molecule has 1 amide bonds. The molecule has 1 heterocycles. The van der Waals surface area contributed by atoms with Crippen molar-refractivity contribution in [1.29, 1.82) is 0 Å². The van der Waals surface area contributed by atoms with Crippen molar-refractivity contribution < 1.29 is 19.4 Å². The van der Waals surface area contributed by atoms with Crippen LogP contribution in [0.25, 0.3) is 0 Å². The van der Waals surface area contributed by atoms with E-state index in [1.165, 1.54) is 16.0 Å². The molecule has 1 aliphatic rings. The van der Waals surface area contributed by atoms with Crippen molar-refractivity contribution in [2.24, 2.45) is 0 Å². The molecule has 0 aromatic heterocycles. The third-order valence-electron chi connectivity index (χ3n) is 4.36. The Morgan fingerprint density at radius 3 is 2.57 bits per heavy atom. The molecule has 1 saturated heterocycles. The second kappa shape index (κ2) is 8.11. The second-order valence-electron chi connectivity index (χ2n) is 6.19. The van der Waals surface area contributed by atoms with Crippen LogP contribution in [0, 0.1) is 13.8 Å². The van der Waals surface area contributed by atoms with E-state index in [1.54, 1.807) is 0 Å². The Morgan fingerprint density at radius 1 is 1.26 bits per heavy atom. The summed E-state index contributed by atoms with van der Waals surface area (Å²) in [6, 6.07) is 6.17. The summed E-state index contributed by atoms with van der Waals surface area (Å²) in [5, 5.41) is 9.10. The minimum absolute atomic E-state index is 0.0218. The van der Waals surface area contributed by atoms with Crippen LogP contribution in [0.4, 0.5) is 0 Å². The SMILES string of the molecule is Cc1ccc(CCC(=O)N(CC(=O)O)C2CCOCC2)c(C)c1. The average molecular weight is 319 g/mol. The highest BCUT2D eigenvalue weighted by Gasteiger charge is 2.27. The molecule has 0 spiro atoms. The number of ether oxygens (including phenoxy) is 1. The van der Waals surface area contributed by atoms with Gasteiger partial charge in [-0.05, 0) is 44.2 Å². The Morgan fingerprint density at radius 2 is 1.96 bits per heavy atom. The van der Waals surface area contributed by atoms with E-state index >= 15 is 0 Å². The van der Waals surface area contributed by atoms with Crippen molar-refractivity contribution in [1.82, 2.24) is 4.90 Å². The normalized spacial score (nSPS) is 15.4. The fourth-order valence-corrected chi connectivity index (χ4v) is 3.07. The van der Waals surface area contributed by atoms with Gasteiger partial charge in [-0.3, -0.25) is 9.59 Å². The van der Waals surface area contributed by atoms with Crippen LogP contribution < -0.4 is 0 Å². The molecule has 0 unspecified atom stereocenters. The van der Waals surface area contributed by atoms with Crippen LogP contribution in [0.15, 0.2) is 18.2 Å². The topological polar surface area (TPSA) is 66.8 Å². The van der Waals surface area contributed by atoms with Crippen molar-refractivity contribution in [3.63, 3.8) is 0 Å². The van der Waals surface area contributed by atoms with E-state index < -0.39 is 5.97 Å². The number of hydrogen-bond acceptors (Lipinski definition) is 3. The fourth-order valence-electron chi connectivity index (χ4n) is 3.07. The Bertz CT molecular complexity index is 564. The molecule has 1 N–H and O–H groups in total. The highest BCUT2D eigenvalue weighted by Crippen LogP contribution is 2.18. The van der Waals surface area contributed by atoms with E-state index in [1.807, 2.05) is 26.0 Å². The zero-order valence-corrected chi connectivity index (χ0v) is 13.9. The van der Waals surface area contributed by atoms with Gasteiger partial charge in [0.15, 0.2) is 0 Å². The van der Waals surface area contributed by atoms with Gasteiger partial charge in [0.05, 0.1) is 0 Å². The molecular weight excluding hydrogens is 294 g/mol. The summed E-state index contributed by atoms with van der Waals surface area (Å²) in [4.78, 5) is 25.2. The van der Waals surface area contributed by atoms with Gasteiger partial charge in [-0.15, -0.1) is 0 Å². The molecule has 0 bridgehead atoms. The maximum atomic E-state index is 12.6. The van der Waals surface area contributed by atoms with Crippen LogP contribution in [0.5, 0.6) is 0 Å². The summed E-state index contributed by atoms with van der Waals surface area (Å²) < 4.78 is 5.31. The van der Waals surface area contributed by atoms with Crippen molar-refractivity contribution in [3.05, 3.63) is 34.9 Å². The maximum absolute atomic E-state index is 12.6. The quantitative estimate of drug-likeness (QED) is 0.874. The third kappa shape index (κ3) is 5.06. The molecule has 1 aromatic rings. The van der Waals surface area contributed by atoms with Gasteiger partial charge in [0.25, 0.3) is 0 Å². The summed E-state index contributed by atoms with van der Waals surface area (Å²) in [5.41, 5.74) is 3.52. The van der Waals surface area contributed by atoms with Gasteiger partial charge in [-0.1, -0.05) is 23.8 Å². The molecule has 0 radical (unpaired) electrons. The number of amides is 1. The number of carbonyl (C=O) groups excluding carboxylic acids is 1. The zero-order valence-electron chi connectivity index (χ0n) is 13.9. The van der Waals surface area contributed by atoms with Crippen molar-refractivity contribution >= 4 is 11.9 Å². The third-order valence-corrected chi connectivity index (χ3v) is 4.36. The number of aliphatic carboxylic acids is 1. The number of benzene rings is 1.